The van der Waals surface area contributed by atoms with E-state index in [1.807, 2.05) is 36.4 Å². The second-order valence-corrected chi connectivity index (χ2v) is 4.15. The predicted octanol–water partition coefficient (Wildman–Crippen LogP) is 3.22. The lowest BCUT2D eigenvalue weighted by molar-refractivity contribution is 0.178. The summed E-state index contributed by atoms with van der Waals surface area (Å²) in [4.78, 5) is 4.37. The Balaban J connectivity index is 1.85. The molecule has 0 spiro atoms. The van der Waals surface area contributed by atoms with Gasteiger partial charge in [0.05, 0.1) is 12.9 Å². The number of hydrogen-bond acceptors (Lipinski definition) is 5. The van der Waals surface area contributed by atoms with Gasteiger partial charge in [-0.25, -0.2) is 0 Å². The van der Waals surface area contributed by atoms with Crippen molar-refractivity contribution in [3.8, 4) is 0 Å². The number of nitrogens with zero attached hydrogens (tertiary/aromatic N) is 1. The van der Waals surface area contributed by atoms with Crippen molar-refractivity contribution in [1.82, 2.24) is 4.98 Å². The van der Waals surface area contributed by atoms with Crippen LogP contribution < -0.4 is 5.32 Å². The zero-order chi connectivity index (χ0) is 13.1. The van der Waals surface area contributed by atoms with Gasteiger partial charge in [0, 0.05) is 7.11 Å². The third-order valence-electron chi connectivity index (χ3n) is 2.81. The number of ether oxygens (including phenoxy) is 1. The Hall–Kier alpha value is -2.27. The number of rotatable bonds is 5. The van der Waals surface area contributed by atoms with Crippen LogP contribution in [0.1, 0.15) is 11.8 Å². The number of fused-ring (bicyclic) bond motifs is 1. The number of methoxy groups -OCH3 is 1. The number of furan rings is 1. The topological polar surface area (TPSA) is 60.4 Å². The molecule has 0 saturated carbocycles. The van der Waals surface area contributed by atoms with E-state index in [9.17, 15) is 0 Å². The monoisotopic (exact) mass is 258 g/mol. The molecule has 0 aliphatic carbocycles. The average molecular weight is 258 g/mol. The summed E-state index contributed by atoms with van der Waals surface area (Å²) in [5, 5.41) is 3.18. The van der Waals surface area contributed by atoms with E-state index in [1.54, 1.807) is 13.4 Å². The van der Waals surface area contributed by atoms with Crippen LogP contribution in [0.25, 0.3) is 11.1 Å². The van der Waals surface area contributed by atoms with Crippen molar-refractivity contribution >= 4 is 17.1 Å². The second-order valence-electron chi connectivity index (χ2n) is 4.15. The molecule has 0 radical (unpaired) electrons. The first-order valence-electron chi connectivity index (χ1n) is 6.01. The van der Waals surface area contributed by atoms with Crippen molar-refractivity contribution in [1.29, 1.82) is 0 Å². The Labute approximate surface area is 110 Å². The lowest BCUT2D eigenvalue weighted by Gasteiger charge is -2.13. The van der Waals surface area contributed by atoms with E-state index in [0.29, 0.717) is 12.6 Å². The van der Waals surface area contributed by atoms with Gasteiger partial charge in [0.1, 0.15) is 17.3 Å². The molecule has 3 rings (SSSR count). The molecule has 1 aromatic carbocycles. The Bertz CT molecular complexity index is 613. The Morgan fingerprint density at radius 1 is 1.26 bits per heavy atom. The third kappa shape index (κ3) is 2.46. The summed E-state index contributed by atoms with van der Waals surface area (Å²) >= 11 is 0. The van der Waals surface area contributed by atoms with Gasteiger partial charge in [0.15, 0.2) is 5.58 Å². The molecular weight excluding hydrogens is 244 g/mol. The number of anilines is 1. The van der Waals surface area contributed by atoms with E-state index in [0.717, 1.165) is 16.9 Å². The van der Waals surface area contributed by atoms with Crippen LogP contribution in [0.5, 0.6) is 0 Å². The molecule has 0 fully saturated rings. The molecule has 0 amide bonds. The second kappa shape index (κ2) is 5.16. The number of aromatic nitrogens is 1. The van der Waals surface area contributed by atoms with Crippen LogP contribution in [-0.2, 0) is 4.74 Å². The van der Waals surface area contributed by atoms with E-state index < -0.39 is 0 Å². The molecule has 1 atom stereocenters. The summed E-state index contributed by atoms with van der Waals surface area (Å²) < 4.78 is 16.2. The van der Waals surface area contributed by atoms with Crippen LogP contribution in [0, 0.1) is 0 Å². The van der Waals surface area contributed by atoms with Gasteiger partial charge in [-0.05, 0) is 24.3 Å². The quantitative estimate of drug-likeness (QED) is 0.761. The summed E-state index contributed by atoms with van der Waals surface area (Å²) in [6.45, 7) is 0.465. The molecule has 5 nitrogen and oxygen atoms in total. The molecule has 0 aliphatic rings. The third-order valence-corrected chi connectivity index (χ3v) is 2.81. The highest BCUT2D eigenvalue weighted by molar-refractivity contribution is 5.74. The van der Waals surface area contributed by atoms with Gasteiger partial charge in [0.25, 0.3) is 6.01 Å². The van der Waals surface area contributed by atoms with Crippen LogP contribution in [-0.4, -0.2) is 18.7 Å². The van der Waals surface area contributed by atoms with E-state index in [-0.39, 0.29) is 6.04 Å². The minimum atomic E-state index is -0.131. The Kier molecular flexibility index (Phi) is 3.20. The van der Waals surface area contributed by atoms with Crippen molar-refractivity contribution in [2.24, 2.45) is 0 Å². The Morgan fingerprint density at radius 3 is 2.89 bits per heavy atom. The number of para-hydroxylation sites is 2. The standard InChI is InChI=1S/C14H14N2O3/c1-17-9-11(12-7-4-8-18-12)16-14-15-10-5-2-3-6-13(10)19-14/h2-8,11H,9H2,1H3,(H,15,16). The van der Waals surface area contributed by atoms with Crippen molar-refractivity contribution in [2.45, 2.75) is 6.04 Å². The van der Waals surface area contributed by atoms with Gasteiger partial charge in [-0.1, -0.05) is 12.1 Å². The molecule has 0 aliphatic heterocycles. The number of benzene rings is 1. The lowest BCUT2D eigenvalue weighted by atomic mass is 10.2. The van der Waals surface area contributed by atoms with Gasteiger partial charge in [0.2, 0.25) is 0 Å². The molecule has 2 heterocycles. The highest BCUT2D eigenvalue weighted by Gasteiger charge is 2.17. The summed E-state index contributed by atoms with van der Waals surface area (Å²) in [5.74, 6) is 0.782. The first-order valence-corrected chi connectivity index (χ1v) is 6.01. The summed E-state index contributed by atoms with van der Waals surface area (Å²) in [6, 6.07) is 11.7. The van der Waals surface area contributed by atoms with Gasteiger partial charge >= 0.3 is 0 Å². The zero-order valence-electron chi connectivity index (χ0n) is 10.5. The van der Waals surface area contributed by atoms with Crippen molar-refractivity contribution in [3.05, 3.63) is 48.4 Å². The van der Waals surface area contributed by atoms with Crippen molar-refractivity contribution in [2.75, 3.05) is 19.0 Å². The first-order chi connectivity index (χ1) is 9.36. The van der Waals surface area contributed by atoms with Crippen molar-refractivity contribution in [3.63, 3.8) is 0 Å². The van der Waals surface area contributed by atoms with Gasteiger partial charge in [-0.3, -0.25) is 0 Å². The number of oxazole rings is 1. The molecule has 1 N–H and O–H groups in total. The molecular formula is C14H14N2O3. The van der Waals surface area contributed by atoms with E-state index >= 15 is 0 Å². The molecule has 5 heteroatoms. The van der Waals surface area contributed by atoms with Gasteiger partial charge < -0.3 is 18.9 Å². The van der Waals surface area contributed by atoms with E-state index in [2.05, 4.69) is 10.3 Å². The van der Waals surface area contributed by atoms with Crippen LogP contribution in [0.3, 0.4) is 0 Å². The number of nitrogens with one attached hydrogen (secondary N) is 1. The summed E-state index contributed by atoms with van der Waals surface area (Å²) in [7, 11) is 1.64. The Morgan fingerprint density at radius 2 is 2.16 bits per heavy atom. The fourth-order valence-corrected chi connectivity index (χ4v) is 1.93. The van der Waals surface area contributed by atoms with Crippen molar-refractivity contribution < 1.29 is 13.6 Å². The van der Waals surface area contributed by atoms with E-state index in [1.165, 1.54) is 0 Å². The zero-order valence-corrected chi connectivity index (χ0v) is 10.5. The average Bonchev–Trinajstić information content (AvgIpc) is 3.07. The molecule has 2 aromatic heterocycles. The SMILES string of the molecule is COCC(Nc1nc2ccccc2o1)c1ccco1. The minimum Gasteiger partial charge on any atom is -0.467 e. The first kappa shape index (κ1) is 11.8. The maximum atomic E-state index is 5.62. The molecule has 0 saturated heterocycles. The van der Waals surface area contributed by atoms with Crippen LogP contribution in [0.2, 0.25) is 0 Å². The fraction of sp³-hybridized carbons (Fsp3) is 0.214. The molecule has 1 unspecified atom stereocenters. The maximum absolute atomic E-state index is 5.62. The predicted molar refractivity (Wildman–Crippen MR) is 71.0 cm³/mol. The number of hydrogen-bond donors (Lipinski definition) is 1. The summed E-state index contributed by atoms with van der Waals surface area (Å²) in [6.07, 6.45) is 1.63. The maximum Gasteiger partial charge on any atom is 0.296 e. The lowest BCUT2D eigenvalue weighted by Crippen LogP contribution is -2.15. The molecule has 98 valence electrons. The van der Waals surface area contributed by atoms with E-state index in [4.69, 9.17) is 13.6 Å². The highest BCUT2D eigenvalue weighted by atomic mass is 16.5. The van der Waals surface area contributed by atoms with Gasteiger partial charge in [-0.15, -0.1) is 0 Å². The van der Waals surface area contributed by atoms with Crippen LogP contribution in [0.15, 0.2) is 51.5 Å². The fourth-order valence-electron chi connectivity index (χ4n) is 1.93. The highest BCUT2D eigenvalue weighted by Crippen LogP contribution is 2.23. The molecule has 0 bridgehead atoms. The minimum absolute atomic E-state index is 0.131. The summed E-state index contributed by atoms with van der Waals surface area (Å²) in [5.41, 5.74) is 1.57. The smallest absolute Gasteiger partial charge is 0.296 e. The molecule has 3 aromatic rings. The van der Waals surface area contributed by atoms with Gasteiger partial charge in [-0.2, -0.15) is 4.98 Å². The largest absolute Gasteiger partial charge is 0.467 e. The van der Waals surface area contributed by atoms with Crippen LogP contribution in [0.4, 0.5) is 6.01 Å². The normalized spacial score (nSPS) is 12.7. The molecule has 19 heavy (non-hydrogen) atoms. The van der Waals surface area contributed by atoms with Crippen LogP contribution >= 0.6 is 0 Å².